The molecule has 2 atom stereocenters. The van der Waals surface area contributed by atoms with E-state index in [4.69, 9.17) is 4.74 Å². The summed E-state index contributed by atoms with van der Waals surface area (Å²) in [5.74, 6) is 0.791. The molecule has 1 saturated heterocycles. The van der Waals surface area contributed by atoms with Crippen molar-refractivity contribution in [3.8, 4) is 0 Å². The van der Waals surface area contributed by atoms with E-state index in [9.17, 15) is 0 Å². The van der Waals surface area contributed by atoms with Crippen LogP contribution in [0.1, 0.15) is 75.0 Å². The molecule has 0 aromatic heterocycles. The SMILES string of the molecule is CNC(c1ccc(C2CCCCC2)cc1)C1(C)CCCO1. The van der Waals surface area contributed by atoms with Crippen molar-refractivity contribution in [1.82, 2.24) is 5.32 Å². The molecule has 1 saturated carbocycles. The predicted octanol–water partition coefficient (Wildman–Crippen LogP) is 4.56. The van der Waals surface area contributed by atoms with E-state index in [-0.39, 0.29) is 5.60 Å². The average Bonchev–Trinajstić information content (AvgIpc) is 2.97. The minimum atomic E-state index is -0.0545. The molecule has 2 nitrogen and oxygen atoms in total. The summed E-state index contributed by atoms with van der Waals surface area (Å²) in [6.45, 7) is 3.14. The topological polar surface area (TPSA) is 21.3 Å². The lowest BCUT2D eigenvalue weighted by Gasteiger charge is -2.33. The van der Waals surface area contributed by atoms with Crippen LogP contribution in [-0.2, 0) is 4.74 Å². The molecule has 1 aliphatic heterocycles. The second-order valence-electron chi connectivity index (χ2n) is 6.99. The molecule has 3 rings (SSSR count). The van der Waals surface area contributed by atoms with Crippen LogP contribution in [0.2, 0.25) is 0 Å². The first-order valence-corrected chi connectivity index (χ1v) is 8.64. The summed E-state index contributed by atoms with van der Waals surface area (Å²) < 4.78 is 6.03. The van der Waals surface area contributed by atoms with Gasteiger partial charge in [0, 0.05) is 6.61 Å². The molecule has 2 aliphatic rings. The van der Waals surface area contributed by atoms with Gasteiger partial charge in [0.15, 0.2) is 0 Å². The van der Waals surface area contributed by atoms with Crippen molar-refractivity contribution in [3.05, 3.63) is 35.4 Å². The molecule has 2 fully saturated rings. The molecule has 0 radical (unpaired) electrons. The minimum absolute atomic E-state index is 0.0545. The lowest BCUT2D eigenvalue weighted by Crippen LogP contribution is -2.39. The van der Waals surface area contributed by atoms with Gasteiger partial charge in [0.05, 0.1) is 11.6 Å². The van der Waals surface area contributed by atoms with Crippen LogP contribution in [-0.4, -0.2) is 19.3 Å². The average molecular weight is 287 g/mol. The highest BCUT2D eigenvalue weighted by molar-refractivity contribution is 5.29. The van der Waals surface area contributed by atoms with Gasteiger partial charge in [-0.15, -0.1) is 0 Å². The highest BCUT2D eigenvalue weighted by Gasteiger charge is 2.38. The molecule has 1 aromatic rings. The Kier molecular flexibility index (Phi) is 4.66. The summed E-state index contributed by atoms with van der Waals surface area (Å²) in [5.41, 5.74) is 2.84. The third-order valence-electron chi connectivity index (χ3n) is 5.50. The lowest BCUT2D eigenvalue weighted by atomic mass is 9.82. The maximum Gasteiger partial charge on any atom is 0.0849 e. The fraction of sp³-hybridized carbons (Fsp3) is 0.684. The summed E-state index contributed by atoms with van der Waals surface area (Å²) >= 11 is 0. The van der Waals surface area contributed by atoms with Gasteiger partial charge in [0.2, 0.25) is 0 Å². The number of hydrogen-bond acceptors (Lipinski definition) is 2. The van der Waals surface area contributed by atoms with Crippen molar-refractivity contribution in [3.63, 3.8) is 0 Å². The zero-order chi connectivity index (χ0) is 14.7. The van der Waals surface area contributed by atoms with E-state index in [1.807, 2.05) is 7.05 Å². The van der Waals surface area contributed by atoms with Crippen LogP contribution in [0.5, 0.6) is 0 Å². The summed E-state index contributed by atoms with van der Waals surface area (Å²) in [6.07, 6.45) is 9.28. The fourth-order valence-electron chi connectivity index (χ4n) is 4.25. The monoisotopic (exact) mass is 287 g/mol. The molecule has 0 spiro atoms. The van der Waals surface area contributed by atoms with Gasteiger partial charge in [-0.2, -0.15) is 0 Å². The van der Waals surface area contributed by atoms with Crippen LogP contribution in [0.25, 0.3) is 0 Å². The van der Waals surface area contributed by atoms with E-state index >= 15 is 0 Å². The summed E-state index contributed by atoms with van der Waals surface area (Å²) in [5, 5.41) is 3.47. The van der Waals surface area contributed by atoms with Gasteiger partial charge in [-0.05, 0) is 56.7 Å². The van der Waals surface area contributed by atoms with E-state index in [1.165, 1.54) is 49.7 Å². The van der Waals surface area contributed by atoms with Gasteiger partial charge < -0.3 is 10.1 Å². The van der Waals surface area contributed by atoms with Crippen LogP contribution in [0, 0.1) is 0 Å². The Labute approximate surface area is 129 Å². The van der Waals surface area contributed by atoms with Gasteiger partial charge in [-0.3, -0.25) is 0 Å². The number of ether oxygens (including phenoxy) is 1. The Balaban J connectivity index is 1.75. The highest BCUT2D eigenvalue weighted by Crippen LogP contribution is 2.38. The molecule has 1 heterocycles. The van der Waals surface area contributed by atoms with Crippen LogP contribution in [0.3, 0.4) is 0 Å². The molecule has 21 heavy (non-hydrogen) atoms. The fourth-order valence-corrected chi connectivity index (χ4v) is 4.25. The Hall–Kier alpha value is -0.860. The van der Waals surface area contributed by atoms with Crippen LogP contribution in [0.15, 0.2) is 24.3 Å². The van der Waals surface area contributed by atoms with E-state index < -0.39 is 0 Å². The van der Waals surface area contributed by atoms with Crippen molar-refractivity contribution in [2.45, 2.75) is 69.4 Å². The number of hydrogen-bond donors (Lipinski definition) is 1. The molecule has 0 bridgehead atoms. The first-order chi connectivity index (χ1) is 10.2. The van der Waals surface area contributed by atoms with Crippen molar-refractivity contribution in [2.24, 2.45) is 0 Å². The molecule has 1 aromatic carbocycles. The Morgan fingerprint density at radius 2 is 1.81 bits per heavy atom. The Morgan fingerprint density at radius 3 is 2.38 bits per heavy atom. The third-order valence-corrected chi connectivity index (χ3v) is 5.50. The number of nitrogens with one attached hydrogen (secondary N) is 1. The predicted molar refractivity (Wildman–Crippen MR) is 87.7 cm³/mol. The van der Waals surface area contributed by atoms with Gasteiger partial charge in [-0.1, -0.05) is 43.5 Å². The standard InChI is InChI=1S/C19H29NO/c1-19(13-6-14-21-19)18(20-2)17-11-9-16(10-12-17)15-7-4-3-5-8-15/h9-12,15,18,20H,3-8,13-14H2,1-2H3. The minimum Gasteiger partial charge on any atom is -0.373 e. The van der Waals surface area contributed by atoms with E-state index in [2.05, 4.69) is 36.5 Å². The van der Waals surface area contributed by atoms with E-state index in [0.717, 1.165) is 18.9 Å². The second kappa shape index (κ2) is 6.50. The summed E-state index contributed by atoms with van der Waals surface area (Å²) in [4.78, 5) is 0. The molecule has 116 valence electrons. The van der Waals surface area contributed by atoms with Crippen molar-refractivity contribution >= 4 is 0 Å². The number of benzene rings is 1. The first kappa shape index (κ1) is 15.1. The molecule has 1 aliphatic carbocycles. The third kappa shape index (κ3) is 3.17. The van der Waals surface area contributed by atoms with Crippen LogP contribution in [0.4, 0.5) is 0 Å². The molecule has 0 amide bonds. The molecular formula is C19H29NO. The van der Waals surface area contributed by atoms with Crippen molar-refractivity contribution in [2.75, 3.05) is 13.7 Å². The van der Waals surface area contributed by atoms with Crippen molar-refractivity contribution in [1.29, 1.82) is 0 Å². The Bertz CT molecular complexity index is 441. The number of rotatable bonds is 4. The molecule has 2 heteroatoms. The Morgan fingerprint density at radius 1 is 1.10 bits per heavy atom. The largest absolute Gasteiger partial charge is 0.373 e. The molecule has 1 N–H and O–H groups in total. The lowest BCUT2D eigenvalue weighted by molar-refractivity contribution is -0.0104. The smallest absolute Gasteiger partial charge is 0.0849 e. The van der Waals surface area contributed by atoms with E-state index in [1.54, 1.807) is 0 Å². The summed E-state index contributed by atoms with van der Waals surface area (Å²) in [6, 6.07) is 9.64. The van der Waals surface area contributed by atoms with Gasteiger partial charge in [0.1, 0.15) is 0 Å². The van der Waals surface area contributed by atoms with Crippen molar-refractivity contribution < 1.29 is 4.74 Å². The van der Waals surface area contributed by atoms with E-state index in [0.29, 0.717) is 6.04 Å². The normalized spacial score (nSPS) is 28.7. The van der Waals surface area contributed by atoms with Crippen LogP contribution >= 0.6 is 0 Å². The van der Waals surface area contributed by atoms with Crippen LogP contribution < -0.4 is 5.32 Å². The quantitative estimate of drug-likeness (QED) is 0.876. The number of likely N-dealkylation sites (N-methyl/N-ethyl adjacent to an activating group) is 1. The van der Waals surface area contributed by atoms with Gasteiger partial charge >= 0.3 is 0 Å². The first-order valence-electron chi connectivity index (χ1n) is 8.64. The summed E-state index contributed by atoms with van der Waals surface area (Å²) in [7, 11) is 2.05. The van der Waals surface area contributed by atoms with Gasteiger partial charge in [-0.25, -0.2) is 0 Å². The highest BCUT2D eigenvalue weighted by atomic mass is 16.5. The second-order valence-corrected chi connectivity index (χ2v) is 6.99. The maximum absolute atomic E-state index is 6.03. The zero-order valence-corrected chi connectivity index (χ0v) is 13.5. The van der Waals surface area contributed by atoms with Gasteiger partial charge in [0.25, 0.3) is 0 Å². The molecular weight excluding hydrogens is 258 g/mol. The zero-order valence-electron chi connectivity index (χ0n) is 13.5. The molecule has 2 unspecified atom stereocenters. The maximum atomic E-state index is 6.03.